The van der Waals surface area contributed by atoms with Crippen molar-refractivity contribution in [3.05, 3.63) is 65.7 Å². The van der Waals surface area contributed by atoms with Gasteiger partial charge in [0.15, 0.2) is 0 Å². The van der Waals surface area contributed by atoms with E-state index in [4.69, 9.17) is 0 Å². The summed E-state index contributed by atoms with van der Waals surface area (Å²) >= 11 is 0. The number of anilines is 1. The predicted octanol–water partition coefficient (Wildman–Crippen LogP) is 3.28. The molecule has 4 heteroatoms. The zero-order valence-corrected chi connectivity index (χ0v) is 15.0. The minimum atomic E-state index is 0.296. The lowest BCUT2D eigenvalue weighted by Gasteiger charge is -2.33. The van der Waals surface area contributed by atoms with Crippen LogP contribution in [0.1, 0.15) is 23.6 Å². The van der Waals surface area contributed by atoms with E-state index in [2.05, 4.69) is 89.0 Å². The fraction of sp³-hybridized carbons (Fsp3) is 0.381. The number of rotatable bonds is 4. The van der Waals surface area contributed by atoms with Crippen molar-refractivity contribution in [2.45, 2.75) is 19.0 Å². The Morgan fingerprint density at radius 2 is 1.84 bits per heavy atom. The lowest BCUT2D eigenvalue weighted by atomic mass is 9.86. The first-order valence-corrected chi connectivity index (χ1v) is 9.06. The van der Waals surface area contributed by atoms with E-state index in [1.807, 2.05) is 0 Å². The van der Waals surface area contributed by atoms with Crippen LogP contribution in [-0.2, 0) is 6.54 Å². The van der Waals surface area contributed by atoms with Gasteiger partial charge in [-0.05, 0) is 23.3 Å². The molecule has 2 aromatic carbocycles. The molecule has 0 amide bonds. The van der Waals surface area contributed by atoms with Crippen LogP contribution in [-0.4, -0.2) is 37.8 Å². The Morgan fingerprint density at radius 3 is 2.56 bits per heavy atom. The largest absolute Gasteiger partial charge is 0.378 e. The number of benzene rings is 2. The molecule has 1 N–H and O–H groups in total. The van der Waals surface area contributed by atoms with Gasteiger partial charge in [0.05, 0.1) is 6.04 Å². The number of hydrogen-bond donors (Lipinski definition) is 1. The molecule has 0 spiro atoms. The molecule has 0 radical (unpaired) electrons. The molecule has 1 saturated heterocycles. The maximum atomic E-state index is 4.64. The summed E-state index contributed by atoms with van der Waals surface area (Å²) in [4.78, 5) is 4.70. The molecule has 2 aliphatic rings. The van der Waals surface area contributed by atoms with Crippen molar-refractivity contribution in [2.24, 2.45) is 11.0 Å². The fourth-order valence-corrected chi connectivity index (χ4v) is 3.88. The van der Waals surface area contributed by atoms with E-state index < -0.39 is 0 Å². The molecule has 0 saturated carbocycles. The number of hydrazone groups is 1. The van der Waals surface area contributed by atoms with Gasteiger partial charge in [-0.25, -0.2) is 0 Å². The van der Waals surface area contributed by atoms with Crippen LogP contribution < -0.4 is 10.3 Å². The third-order valence-corrected chi connectivity index (χ3v) is 5.33. The Balaban J connectivity index is 1.47. The highest BCUT2D eigenvalue weighted by Gasteiger charge is 2.36. The maximum Gasteiger partial charge on any atom is 0.0782 e. The summed E-state index contributed by atoms with van der Waals surface area (Å²) in [5.41, 5.74) is 8.69. The van der Waals surface area contributed by atoms with Gasteiger partial charge in [-0.2, -0.15) is 5.10 Å². The second-order valence-corrected chi connectivity index (χ2v) is 7.27. The number of fused-ring (bicyclic) bond motifs is 1. The summed E-state index contributed by atoms with van der Waals surface area (Å²) < 4.78 is 0. The van der Waals surface area contributed by atoms with E-state index in [0.717, 1.165) is 26.1 Å². The lowest BCUT2D eigenvalue weighted by Crippen LogP contribution is -2.41. The molecule has 0 bridgehead atoms. The molecule has 4 nitrogen and oxygen atoms in total. The van der Waals surface area contributed by atoms with Gasteiger partial charge in [0.1, 0.15) is 0 Å². The average Bonchev–Trinajstić information content (AvgIpc) is 3.06. The van der Waals surface area contributed by atoms with Gasteiger partial charge >= 0.3 is 0 Å². The molecule has 0 aromatic heterocycles. The van der Waals surface area contributed by atoms with Crippen LogP contribution in [0.2, 0.25) is 0 Å². The minimum absolute atomic E-state index is 0.296. The Morgan fingerprint density at radius 1 is 1.08 bits per heavy atom. The third kappa shape index (κ3) is 3.40. The first-order chi connectivity index (χ1) is 12.2. The van der Waals surface area contributed by atoms with Crippen LogP contribution in [0.25, 0.3) is 0 Å². The number of nitrogens with one attached hydrogen (secondary N) is 1. The molecule has 1 fully saturated rings. The first kappa shape index (κ1) is 16.2. The molecule has 2 aliphatic heterocycles. The Hall–Kier alpha value is -2.33. The van der Waals surface area contributed by atoms with E-state index in [0.29, 0.717) is 12.0 Å². The molecule has 2 atom stereocenters. The maximum absolute atomic E-state index is 4.64. The van der Waals surface area contributed by atoms with Gasteiger partial charge in [-0.15, -0.1) is 0 Å². The van der Waals surface area contributed by atoms with Crippen molar-refractivity contribution in [3.63, 3.8) is 0 Å². The van der Waals surface area contributed by atoms with Gasteiger partial charge in [-0.3, -0.25) is 4.90 Å². The summed E-state index contributed by atoms with van der Waals surface area (Å²) in [6, 6.07) is 19.9. The van der Waals surface area contributed by atoms with E-state index in [-0.39, 0.29) is 0 Å². The quantitative estimate of drug-likeness (QED) is 0.931. The van der Waals surface area contributed by atoms with E-state index >= 15 is 0 Å². The van der Waals surface area contributed by atoms with Crippen molar-refractivity contribution >= 4 is 11.4 Å². The van der Waals surface area contributed by atoms with E-state index in [9.17, 15) is 0 Å². The number of piperidine rings is 1. The van der Waals surface area contributed by atoms with Crippen LogP contribution in [0.4, 0.5) is 5.69 Å². The SMILES string of the molecule is CN(C)c1ccc(C2NN=C3CCN(Cc4ccccc4)CC32)cc1. The van der Waals surface area contributed by atoms with Crippen LogP contribution in [0.5, 0.6) is 0 Å². The topological polar surface area (TPSA) is 30.9 Å². The zero-order chi connectivity index (χ0) is 17.2. The van der Waals surface area contributed by atoms with Crippen LogP contribution >= 0.6 is 0 Å². The summed E-state index contributed by atoms with van der Waals surface area (Å²) in [5, 5.41) is 4.64. The van der Waals surface area contributed by atoms with Crippen molar-refractivity contribution in [2.75, 3.05) is 32.1 Å². The summed E-state index contributed by atoms with van der Waals surface area (Å²) in [6.45, 7) is 3.19. The monoisotopic (exact) mass is 334 g/mol. The van der Waals surface area contributed by atoms with Gasteiger partial charge in [0.25, 0.3) is 0 Å². The summed E-state index contributed by atoms with van der Waals surface area (Å²) in [5.74, 6) is 0.475. The summed E-state index contributed by atoms with van der Waals surface area (Å²) in [7, 11) is 4.15. The third-order valence-electron chi connectivity index (χ3n) is 5.33. The molecule has 0 aliphatic carbocycles. The predicted molar refractivity (Wildman–Crippen MR) is 104 cm³/mol. The lowest BCUT2D eigenvalue weighted by molar-refractivity contribution is 0.220. The Kier molecular flexibility index (Phi) is 4.45. The van der Waals surface area contributed by atoms with E-state index in [1.165, 1.54) is 22.5 Å². The molecular formula is C21H26N4. The molecule has 2 heterocycles. The normalized spacial score (nSPS) is 22.9. The Bertz CT molecular complexity index is 736. The highest BCUT2D eigenvalue weighted by atomic mass is 15.4. The summed E-state index contributed by atoms with van der Waals surface area (Å²) in [6.07, 6.45) is 1.07. The second kappa shape index (κ2) is 6.89. The van der Waals surface area contributed by atoms with Gasteiger partial charge in [0, 0.05) is 57.5 Å². The number of likely N-dealkylation sites (tertiary alicyclic amines) is 1. The standard InChI is InChI=1S/C21H26N4/c1-24(2)18-10-8-17(9-11-18)21-19-15-25(13-12-20(19)22-23-21)14-16-6-4-3-5-7-16/h3-11,19,21,23H,12-15H2,1-2H3. The average molecular weight is 334 g/mol. The number of hydrogen-bond acceptors (Lipinski definition) is 4. The fourth-order valence-electron chi connectivity index (χ4n) is 3.88. The molecular weight excluding hydrogens is 308 g/mol. The number of nitrogens with zero attached hydrogens (tertiary/aromatic N) is 3. The van der Waals surface area contributed by atoms with Crippen LogP contribution in [0.15, 0.2) is 59.7 Å². The van der Waals surface area contributed by atoms with E-state index in [1.54, 1.807) is 0 Å². The van der Waals surface area contributed by atoms with Gasteiger partial charge in [0.2, 0.25) is 0 Å². The highest BCUT2D eigenvalue weighted by Crippen LogP contribution is 2.33. The molecule has 25 heavy (non-hydrogen) atoms. The smallest absolute Gasteiger partial charge is 0.0782 e. The molecule has 2 aromatic rings. The molecule has 2 unspecified atom stereocenters. The minimum Gasteiger partial charge on any atom is -0.378 e. The van der Waals surface area contributed by atoms with Crippen molar-refractivity contribution in [3.8, 4) is 0 Å². The molecule has 4 rings (SSSR count). The van der Waals surface area contributed by atoms with Crippen molar-refractivity contribution < 1.29 is 0 Å². The Labute approximate surface area is 150 Å². The first-order valence-electron chi connectivity index (χ1n) is 9.06. The van der Waals surface area contributed by atoms with Crippen molar-refractivity contribution in [1.82, 2.24) is 10.3 Å². The second-order valence-electron chi connectivity index (χ2n) is 7.27. The molecule has 130 valence electrons. The van der Waals surface area contributed by atoms with Gasteiger partial charge < -0.3 is 10.3 Å². The zero-order valence-electron chi connectivity index (χ0n) is 15.0. The van der Waals surface area contributed by atoms with Crippen LogP contribution in [0, 0.1) is 5.92 Å². The highest BCUT2D eigenvalue weighted by molar-refractivity contribution is 5.89. The van der Waals surface area contributed by atoms with Crippen LogP contribution in [0.3, 0.4) is 0 Å². The van der Waals surface area contributed by atoms with Gasteiger partial charge in [-0.1, -0.05) is 42.5 Å². The van der Waals surface area contributed by atoms with Crippen molar-refractivity contribution in [1.29, 1.82) is 0 Å².